The van der Waals surface area contributed by atoms with E-state index in [1.54, 1.807) is 25.1 Å². The lowest BCUT2D eigenvalue weighted by molar-refractivity contribution is 0.0698. The zero-order chi connectivity index (χ0) is 20.3. The van der Waals surface area contributed by atoms with Gasteiger partial charge in [-0.1, -0.05) is 18.2 Å². The van der Waals surface area contributed by atoms with Crippen LogP contribution >= 0.6 is 0 Å². The second-order valence-corrected chi connectivity index (χ2v) is 8.21. The lowest BCUT2D eigenvalue weighted by atomic mass is 10.1. The summed E-state index contributed by atoms with van der Waals surface area (Å²) in [6.07, 6.45) is 0. The van der Waals surface area contributed by atoms with Gasteiger partial charge >= 0.3 is 5.97 Å². The fourth-order valence-corrected chi connectivity index (χ4v) is 4.58. The van der Waals surface area contributed by atoms with Crippen LogP contribution in [0.25, 0.3) is 0 Å². The molecule has 2 aromatic carbocycles. The Hall–Kier alpha value is -2.75. The molecule has 28 heavy (non-hydrogen) atoms. The number of hydrogen-bond donors (Lipinski definition) is 2. The van der Waals surface area contributed by atoms with Gasteiger partial charge in [0.05, 0.1) is 29.4 Å². The van der Waals surface area contributed by atoms with Gasteiger partial charge in [0.2, 0.25) is 10.0 Å². The number of nitrogens with zero attached hydrogens (tertiary/aromatic N) is 1. The van der Waals surface area contributed by atoms with Crippen LogP contribution in [-0.4, -0.2) is 56.0 Å². The molecule has 0 aliphatic carbocycles. The van der Waals surface area contributed by atoms with Gasteiger partial charge < -0.3 is 15.2 Å². The number of benzene rings is 2. The van der Waals surface area contributed by atoms with Gasteiger partial charge in [-0.15, -0.1) is 0 Å². The van der Waals surface area contributed by atoms with Crippen LogP contribution in [0.1, 0.15) is 26.3 Å². The summed E-state index contributed by atoms with van der Waals surface area (Å²) in [6.45, 7) is 2.82. The normalized spacial score (nSPS) is 15.2. The van der Waals surface area contributed by atoms with Crippen LogP contribution in [0.2, 0.25) is 0 Å². The fraction of sp³-hybridized carbons (Fsp3) is 0.263. The molecule has 0 saturated carbocycles. The molecule has 1 saturated heterocycles. The van der Waals surface area contributed by atoms with Crippen molar-refractivity contribution in [3.63, 3.8) is 0 Å². The molecule has 2 N–H and O–H groups in total. The molecular weight excluding hydrogens is 384 g/mol. The third-order valence-electron chi connectivity index (χ3n) is 4.44. The lowest BCUT2D eigenvalue weighted by Gasteiger charge is -2.26. The summed E-state index contributed by atoms with van der Waals surface area (Å²) in [7, 11) is -3.76. The number of morpholine rings is 1. The predicted octanol–water partition coefficient (Wildman–Crippen LogP) is 1.97. The number of aryl methyl sites for hydroxylation is 1. The van der Waals surface area contributed by atoms with E-state index in [-0.39, 0.29) is 34.8 Å². The van der Waals surface area contributed by atoms with E-state index in [4.69, 9.17) is 4.74 Å². The van der Waals surface area contributed by atoms with Gasteiger partial charge in [-0.05, 0) is 36.8 Å². The Kier molecular flexibility index (Phi) is 5.78. The number of carboxylic acids is 1. The van der Waals surface area contributed by atoms with Crippen molar-refractivity contribution in [2.45, 2.75) is 11.8 Å². The Bertz CT molecular complexity index is 1010. The monoisotopic (exact) mass is 404 g/mol. The van der Waals surface area contributed by atoms with Gasteiger partial charge in [-0.25, -0.2) is 13.2 Å². The van der Waals surface area contributed by atoms with E-state index in [1.165, 1.54) is 28.6 Å². The molecule has 148 valence electrons. The van der Waals surface area contributed by atoms with Gasteiger partial charge in [-0.2, -0.15) is 4.31 Å². The van der Waals surface area contributed by atoms with E-state index in [0.29, 0.717) is 18.8 Å². The molecule has 0 spiro atoms. The van der Waals surface area contributed by atoms with Gasteiger partial charge in [0.15, 0.2) is 0 Å². The molecule has 9 heteroatoms. The van der Waals surface area contributed by atoms with Gasteiger partial charge in [0.1, 0.15) is 0 Å². The number of aromatic carboxylic acids is 1. The maximum Gasteiger partial charge on any atom is 0.337 e. The molecule has 2 aromatic rings. The van der Waals surface area contributed by atoms with E-state index in [0.717, 1.165) is 0 Å². The highest BCUT2D eigenvalue weighted by Gasteiger charge is 2.28. The number of amides is 1. The average molecular weight is 404 g/mol. The first-order chi connectivity index (χ1) is 13.3. The average Bonchev–Trinajstić information content (AvgIpc) is 2.69. The van der Waals surface area contributed by atoms with Crippen molar-refractivity contribution in [2.24, 2.45) is 0 Å². The predicted molar refractivity (Wildman–Crippen MR) is 102 cm³/mol. The van der Waals surface area contributed by atoms with Gasteiger partial charge in [0, 0.05) is 18.7 Å². The maximum absolute atomic E-state index is 12.9. The lowest BCUT2D eigenvalue weighted by Crippen LogP contribution is -2.40. The van der Waals surface area contributed by atoms with Crippen LogP contribution in [0.5, 0.6) is 0 Å². The quantitative estimate of drug-likeness (QED) is 0.788. The summed E-state index contributed by atoms with van der Waals surface area (Å²) in [5, 5.41) is 11.8. The third-order valence-corrected chi connectivity index (χ3v) is 6.48. The minimum Gasteiger partial charge on any atom is -0.478 e. The molecule has 0 aromatic heterocycles. The summed E-state index contributed by atoms with van der Waals surface area (Å²) >= 11 is 0. The van der Waals surface area contributed by atoms with E-state index in [2.05, 4.69) is 5.32 Å². The second kappa shape index (κ2) is 8.09. The van der Waals surface area contributed by atoms with E-state index in [9.17, 15) is 23.1 Å². The Morgan fingerprint density at radius 3 is 2.46 bits per heavy atom. The number of sulfonamides is 1. The summed E-state index contributed by atoms with van der Waals surface area (Å²) < 4.78 is 32.4. The Balaban J connectivity index is 1.91. The molecule has 1 aliphatic rings. The van der Waals surface area contributed by atoms with Gasteiger partial charge in [-0.3, -0.25) is 4.79 Å². The highest BCUT2D eigenvalue weighted by atomic mass is 32.2. The van der Waals surface area contributed by atoms with Crippen LogP contribution in [0.15, 0.2) is 47.4 Å². The molecule has 0 atom stereocenters. The molecule has 1 fully saturated rings. The molecule has 8 nitrogen and oxygen atoms in total. The topological polar surface area (TPSA) is 113 Å². The first-order valence-electron chi connectivity index (χ1n) is 8.63. The molecule has 0 unspecified atom stereocenters. The molecule has 3 rings (SSSR count). The summed E-state index contributed by atoms with van der Waals surface area (Å²) in [5.41, 5.74) is 0.730. The zero-order valence-corrected chi connectivity index (χ0v) is 16.0. The highest BCUT2D eigenvalue weighted by molar-refractivity contribution is 7.89. The third kappa shape index (κ3) is 4.06. The smallest absolute Gasteiger partial charge is 0.337 e. The molecular formula is C19H20N2O6S. The molecule has 1 heterocycles. The number of carboxylic acid groups (broad SMARTS) is 1. The molecule has 0 bridgehead atoms. The largest absolute Gasteiger partial charge is 0.478 e. The van der Waals surface area contributed by atoms with Crippen molar-refractivity contribution in [1.29, 1.82) is 0 Å². The van der Waals surface area contributed by atoms with E-state index < -0.39 is 21.9 Å². The van der Waals surface area contributed by atoms with Crippen molar-refractivity contribution < 1.29 is 27.9 Å². The number of hydrogen-bond acceptors (Lipinski definition) is 5. The second-order valence-electron chi connectivity index (χ2n) is 6.30. The highest BCUT2D eigenvalue weighted by Crippen LogP contribution is 2.23. The number of anilines is 1. The number of ether oxygens (including phenoxy) is 1. The first kappa shape index (κ1) is 20.0. The summed E-state index contributed by atoms with van der Waals surface area (Å²) in [4.78, 5) is 24.0. The Labute approximate surface area is 162 Å². The number of nitrogens with one attached hydrogen (secondary N) is 1. The standard InChI is InChI=1S/C19H20N2O6S/c1-13-6-7-14(12-17(13)28(25,26)21-8-10-27-11-9-21)18(22)20-16-5-3-2-4-15(16)19(23)24/h2-7,12H,8-11H2,1H3,(H,20,22)(H,23,24). The summed E-state index contributed by atoms with van der Waals surface area (Å²) in [5.74, 6) is -1.76. The Morgan fingerprint density at radius 1 is 1.11 bits per heavy atom. The Morgan fingerprint density at radius 2 is 1.79 bits per heavy atom. The van der Waals surface area contributed by atoms with Crippen molar-refractivity contribution in [3.8, 4) is 0 Å². The first-order valence-corrected chi connectivity index (χ1v) is 10.1. The van der Waals surface area contributed by atoms with Crippen LogP contribution in [-0.2, 0) is 14.8 Å². The van der Waals surface area contributed by atoms with E-state index >= 15 is 0 Å². The van der Waals surface area contributed by atoms with E-state index in [1.807, 2.05) is 0 Å². The number of carbonyl (C=O) groups is 2. The van der Waals surface area contributed by atoms with Crippen molar-refractivity contribution in [1.82, 2.24) is 4.31 Å². The zero-order valence-electron chi connectivity index (χ0n) is 15.2. The van der Waals surface area contributed by atoms with Crippen LogP contribution in [0.3, 0.4) is 0 Å². The molecule has 1 aliphatic heterocycles. The van der Waals surface area contributed by atoms with Gasteiger partial charge in [0.25, 0.3) is 5.91 Å². The van der Waals surface area contributed by atoms with Crippen molar-refractivity contribution in [3.05, 3.63) is 59.2 Å². The molecule has 0 radical (unpaired) electrons. The van der Waals surface area contributed by atoms with Crippen LogP contribution in [0.4, 0.5) is 5.69 Å². The SMILES string of the molecule is Cc1ccc(C(=O)Nc2ccccc2C(=O)O)cc1S(=O)(=O)N1CCOCC1. The molecule has 1 amide bonds. The summed E-state index contributed by atoms with van der Waals surface area (Å²) in [6, 6.07) is 10.4. The minimum atomic E-state index is -3.76. The van der Waals surface area contributed by atoms with Crippen LogP contribution in [0, 0.1) is 6.92 Å². The maximum atomic E-state index is 12.9. The minimum absolute atomic E-state index is 0.0496. The number of rotatable bonds is 5. The van der Waals surface area contributed by atoms with Crippen LogP contribution < -0.4 is 5.32 Å². The van der Waals surface area contributed by atoms with Crippen molar-refractivity contribution in [2.75, 3.05) is 31.6 Å². The number of para-hydroxylation sites is 1. The fourth-order valence-electron chi connectivity index (χ4n) is 2.92. The number of carbonyl (C=O) groups excluding carboxylic acids is 1. The van der Waals surface area contributed by atoms with Crippen molar-refractivity contribution >= 4 is 27.6 Å².